The van der Waals surface area contributed by atoms with Crippen molar-refractivity contribution in [2.75, 3.05) is 6.26 Å². The van der Waals surface area contributed by atoms with Crippen LogP contribution < -0.4 is 5.69 Å². The van der Waals surface area contributed by atoms with Crippen molar-refractivity contribution in [3.8, 4) is 0 Å². The number of hydrogen-bond acceptors (Lipinski definition) is 7. The molecule has 1 N–H and O–H groups in total. The molecule has 0 spiro atoms. The number of nitrogens with zero attached hydrogens (tertiary/aromatic N) is 5. The molecule has 2 heterocycles. The van der Waals surface area contributed by atoms with Crippen LogP contribution in [0.15, 0.2) is 16.1 Å². The molecule has 2 aromatic rings. The average Bonchev–Trinajstić information content (AvgIpc) is 2.65. The lowest BCUT2D eigenvalue weighted by molar-refractivity contribution is 0.480. The molecule has 0 saturated heterocycles. The topological polar surface area (TPSA) is 137 Å². The van der Waals surface area contributed by atoms with Gasteiger partial charge in [0.15, 0.2) is 0 Å². The maximum Gasteiger partial charge on any atom is 0.353 e. The SMILES string of the molecule is CS(=O)Cn1nnc2c(S(=O)(=O)O)ncn2c1=O. The van der Waals surface area contributed by atoms with Crippen molar-refractivity contribution in [3.63, 3.8) is 0 Å². The Morgan fingerprint density at radius 2 is 2.17 bits per heavy atom. The van der Waals surface area contributed by atoms with Gasteiger partial charge in [0.2, 0.25) is 10.7 Å². The molecule has 1 unspecified atom stereocenters. The molecule has 2 rings (SSSR count). The highest BCUT2D eigenvalue weighted by Crippen LogP contribution is 2.09. The molecule has 0 amide bonds. The summed E-state index contributed by atoms with van der Waals surface area (Å²) in [7, 11) is -5.90. The lowest BCUT2D eigenvalue weighted by atomic mass is 10.8. The lowest BCUT2D eigenvalue weighted by Crippen LogP contribution is -2.31. The summed E-state index contributed by atoms with van der Waals surface area (Å²) >= 11 is 0. The molecule has 18 heavy (non-hydrogen) atoms. The molecule has 0 aromatic carbocycles. The van der Waals surface area contributed by atoms with Gasteiger partial charge in [-0.05, 0) is 0 Å². The zero-order valence-electron chi connectivity index (χ0n) is 8.92. The third-order valence-corrected chi connectivity index (χ3v) is 3.32. The van der Waals surface area contributed by atoms with Gasteiger partial charge in [0.1, 0.15) is 12.2 Å². The summed E-state index contributed by atoms with van der Waals surface area (Å²) in [4.78, 5) is 15.2. The minimum atomic E-state index is -4.58. The number of aromatic nitrogens is 5. The third-order valence-electron chi connectivity index (χ3n) is 1.93. The standard InChI is InChI=1S/C6H7N5O5S2/c1-17(13)3-11-6(12)10-2-7-5(18(14,15)16)4(10)8-9-11/h2H,3H2,1H3,(H,14,15,16). The number of hydrogen-bond donors (Lipinski definition) is 1. The lowest BCUT2D eigenvalue weighted by Gasteiger charge is -2.00. The number of fused-ring (bicyclic) bond motifs is 1. The van der Waals surface area contributed by atoms with Crippen molar-refractivity contribution in [1.82, 2.24) is 24.4 Å². The van der Waals surface area contributed by atoms with Gasteiger partial charge in [0.25, 0.3) is 0 Å². The molecule has 10 nitrogen and oxygen atoms in total. The van der Waals surface area contributed by atoms with Gasteiger partial charge in [-0.1, -0.05) is 5.21 Å². The van der Waals surface area contributed by atoms with Crippen molar-refractivity contribution >= 4 is 26.6 Å². The summed E-state index contributed by atoms with van der Waals surface area (Å²) in [5.74, 6) is -0.179. The fourth-order valence-corrected chi connectivity index (χ4v) is 2.31. The zero-order valence-corrected chi connectivity index (χ0v) is 10.6. The second-order valence-electron chi connectivity index (χ2n) is 3.29. The maximum atomic E-state index is 11.8. The van der Waals surface area contributed by atoms with E-state index < -0.39 is 31.6 Å². The molecule has 1 atom stereocenters. The normalized spacial score (nSPS) is 13.9. The van der Waals surface area contributed by atoms with Gasteiger partial charge in [-0.3, -0.25) is 8.76 Å². The van der Waals surface area contributed by atoms with E-state index >= 15 is 0 Å². The fourth-order valence-electron chi connectivity index (χ4n) is 1.25. The van der Waals surface area contributed by atoms with Crippen molar-refractivity contribution in [2.45, 2.75) is 10.9 Å². The molecule has 0 radical (unpaired) electrons. The quantitative estimate of drug-likeness (QED) is 0.633. The van der Waals surface area contributed by atoms with Crippen LogP contribution in [0.3, 0.4) is 0 Å². The summed E-state index contributed by atoms with van der Waals surface area (Å²) in [6, 6.07) is 0. The first kappa shape index (κ1) is 12.8. The molecular formula is C6H7N5O5S2. The van der Waals surface area contributed by atoms with Crippen LogP contribution in [0.2, 0.25) is 0 Å². The first-order valence-electron chi connectivity index (χ1n) is 4.39. The molecule has 98 valence electrons. The fraction of sp³-hybridized carbons (Fsp3) is 0.333. The van der Waals surface area contributed by atoms with Crippen LogP contribution in [0.4, 0.5) is 0 Å². The van der Waals surface area contributed by atoms with Crippen molar-refractivity contribution in [2.24, 2.45) is 0 Å². The Morgan fingerprint density at radius 1 is 1.50 bits per heavy atom. The average molecular weight is 293 g/mol. The van der Waals surface area contributed by atoms with Gasteiger partial charge in [0.05, 0.1) is 0 Å². The highest BCUT2D eigenvalue weighted by Gasteiger charge is 2.21. The van der Waals surface area contributed by atoms with E-state index in [0.29, 0.717) is 0 Å². The van der Waals surface area contributed by atoms with Gasteiger partial charge < -0.3 is 0 Å². The predicted octanol–water partition coefficient (Wildman–Crippen LogP) is -2.13. The Bertz CT molecular complexity index is 790. The van der Waals surface area contributed by atoms with Crippen molar-refractivity contribution in [1.29, 1.82) is 0 Å². The maximum absolute atomic E-state index is 11.8. The van der Waals surface area contributed by atoms with Crippen LogP contribution in [0, 0.1) is 0 Å². The van der Waals surface area contributed by atoms with E-state index in [9.17, 15) is 17.4 Å². The van der Waals surface area contributed by atoms with Crippen LogP contribution >= 0.6 is 0 Å². The summed E-state index contributed by atoms with van der Waals surface area (Å²) < 4.78 is 43.3. The van der Waals surface area contributed by atoms with Gasteiger partial charge in [-0.15, -0.1) is 5.10 Å². The van der Waals surface area contributed by atoms with Gasteiger partial charge in [-0.2, -0.15) is 13.1 Å². The molecule has 0 bridgehead atoms. The molecule has 0 fully saturated rings. The van der Waals surface area contributed by atoms with E-state index in [1.54, 1.807) is 0 Å². The minimum Gasteiger partial charge on any atom is -0.281 e. The zero-order chi connectivity index (χ0) is 13.5. The van der Waals surface area contributed by atoms with Crippen LogP contribution in [0.1, 0.15) is 0 Å². The van der Waals surface area contributed by atoms with Gasteiger partial charge >= 0.3 is 15.8 Å². The summed E-state index contributed by atoms with van der Waals surface area (Å²) in [5, 5.41) is 6.13. The van der Waals surface area contributed by atoms with Crippen molar-refractivity contribution < 1.29 is 17.2 Å². The summed E-state index contributed by atoms with van der Waals surface area (Å²) in [6.07, 6.45) is 2.26. The first-order chi connectivity index (χ1) is 8.30. The van der Waals surface area contributed by atoms with Crippen LogP contribution in [0.5, 0.6) is 0 Å². The van der Waals surface area contributed by atoms with Crippen LogP contribution in [-0.4, -0.2) is 47.8 Å². The summed E-state index contributed by atoms with van der Waals surface area (Å²) in [5.41, 5.74) is -1.14. The molecule has 0 aliphatic rings. The highest BCUT2D eigenvalue weighted by molar-refractivity contribution is 7.86. The highest BCUT2D eigenvalue weighted by atomic mass is 32.2. The van der Waals surface area contributed by atoms with E-state index in [4.69, 9.17) is 4.55 Å². The Hall–Kier alpha value is -1.66. The monoisotopic (exact) mass is 293 g/mol. The van der Waals surface area contributed by atoms with E-state index in [-0.39, 0.29) is 11.5 Å². The smallest absolute Gasteiger partial charge is 0.281 e. The second kappa shape index (κ2) is 4.22. The van der Waals surface area contributed by atoms with Crippen LogP contribution in [0.25, 0.3) is 5.65 Å². The van der Waals surface area contributed by atoms with Gasteiger partial charge in [0, 0.05) is 17.1 Å². The van der Waals surface area contributed by atoms with Gasteiger partial charge in [-0.25, -0.2) is 14.2 Å². The minimum absolute atomic E-state index is 0.179. The second-order valence-corrected chi connectivity index (χ2v) is 6.03. The van der Waals surface area contributed by atoms with E-state index in [2.05, 4.69) is 15.3 Å². The van der Waals surface area contributed by atoms with E-state index in [1.807, 2.05) is 0 Å². The Labute approximate surface area is 102 Å². The molecular weight excluding hydrogens is 286 g/mol. The first-order valence-corrected chi connectivity index (χ1v) is 7.56. The van der Waals surface area contributed by atoms with Crippen LogP contribution in [-0.2, 0) is 26.8 Å². The molecule has 2 aromatic heterocycles. The number of rotatable bonds is 3. The van der Waals surface area contributed by atoms with Crippen molar-refractivity contribution in [3.05, 3.63) is 16.8 Å². The van der Waals surface area contributed by atoms with E-state index in [1.165, 1.54) is 6.26 Å². The molecule has 0 aliphatic carbocycles. The molecule has 0 saturated carbocycles. The third kappa shape index (κ3) is 2.16. The number of imidazole rings is 1. The Kier molecular flexibility index (Phi) is 3.00. The Balaban J connectivity index is 2.72. The molecule has 0 aliphatic heterocycles. The summed E-state index contributed by atoms with van der Waals surface area (Å²) in [6.45, 7) is 0. The Morgan fingerprint density at radius 3 is 2.72 bits per heavy atom. The molecule has 12 heteroatoms. The largest absolute Gasteiger partial charge is 0.353 e. The predicted molar refractivity (Wildman–Crippen MR) is 58.9 cm³/mol. The van der Waals surface area contributed by atoms with E-state index in [0.717, 1.165) is 15.4 Å².